The van der Waals surface area contributed by atoms with Gasteiger partial charge in [-0.2, -0.15) is 9.78 Å². The first-order valence-corrected chi connectivity index (χ1v) is 6.64. The van der Waals surface area contributed by atoms with Gasteiger partial charge in [-0.15, -0.1) is 0 Å². The first kappa shape index (κ1) is 16.7. The Bertz CT molecular complexity index is 892. The van der Waals surface area contributed by atoms with Gasteiger partial charge in [0, 0.05) is 13.1 Å². The lowest BCUT2D eigenvalue weighted by Crippen LogP contribution is -2.38. The van der Waals surface area contributed by atoms with Gasteiger partial charge in [-0.05, 0) is 13.0 Å². The van der Waals surface area contributed by atoms with E-state index in [4.69, 9.17) is 21.4 Å². The molecule has 0 amide bonds. The molecule has 0 aliphatic rings. The van der Waals surface area contributed by atoms with E-state index >= 15 is 0 Å². The number of benzene rings is 1. The molecular formula is C13H11ClFN3O5. The van der Waals surface area contributed by atoms with E-state index in [2.05, 4.69) is 5.10 Å². The molecule has 10 heteroatoms. The number of hydrogen-bond donors (Lipinski definition) is 1. The second kappa shape index (κ2) is 6.21. The van der Waals surface area contributed by atoms with E-state index in [1.54, 1.807) is 0 Å². The Kier molecular flexibility index (Phi) is 4.50. The minimum absolute atomic E-state index is 0.138. The minimum atomic E-state index is -1.25. The van der Waals surface area contributed by atoms with Crippen LogP contribution in [0.25, 0.3) is 5.69 Å². The summed E-state index contributed by atoms with van der Waals surface area (Å²) in [6.07, 6.45) is -0.397. The molecule has 0 bridgehead atoms. The van der Waals surface area contributed by atoms with Crippen LogP contribution in [-0.4, -0.2) is 31.5 Å². The van der Waals surface area contributed by atoms with Gasteiger partial charge in [-0.3, -0.25) is 9.36 Å². The van der Waals surface area contributed by atoms with Crippen molar-refractivity contribution in [3.05, 3.63) is 50.0 Å². The van der Waals surface area contributed by atoms with E-state index in [1.807, 2.05) is 0 Å². The lowest BCUT2D eigenvalue weighted by molar-refractivity contribution is -0.144. The van der Waals surface area contributed by atoms with Crippen molar-refractivity contribution in [3.63, 3.8) is 0 Å². The quantitative estimate of drug-likeness (QED) is 0.870. The van der Waals surface area contributed by atoms with Gasteiger partial charge in [0.15, 0.2) is 11.9 Å². The van der Waals surface area contributed by atoms with Gasteiger partial charge in [-0.25, -0.2) is 14.0 Å². The molecule has 0 aliphatic carbocycles. The topological polar surface area (TPSA) is 103 Å². The number of carboxylic acids is 1. The summed E-state index contributed by atoms with van der Waals surface area (Å²) in [5.74, 6) is -2.27. The average Bonchev–Trinajstić information content (AvgIpc) is 2.48. The highest BCUT2D eigenvalue weighted by atomic mass is 35.5. The van der Waals surface area contributed by atoms with Crippen molar-refractivity contribution in [2.75, 3.05) is 0 Å². The van der Waals surface area contributed by atoms with Crippen molar-refractivity contribution < 1.29 is 19.0 Å². The fourth-order valence-corrected chi connectivity index (χ4v) is 1.85. The number of halogens is 2. The maximum absolute atomic E-state index is 14.1. The van der Waals surface area contributed by atoms with Gasteiger partial charge >= 0.3 is 11.7 Å². The van der Waals surface area contributed by atoms with E-state index in [0.29, 0.717) is 4.68 Å². The summed E-state index contributed by atoms with van der Waals surface area (Å²) in [4.78, 5) is 34.2. The largest absolute Gasteiger partial charge is 0.479 e. The van der Waals surface area contributed by atoms with Gasteiger partial charge in [0.2, 0.25) is 0 Å². The SMILES string of the molecule is C[C@@H](Oc1cc(-n2ncc(=O)n(C)c2=O)c(F)cc1Cl)C(=O)O. The summed E-state index contributed by atoms with van der Waals surface area (Å²) >= 11 is 5.81. The maximum Gasteiger partial charge on any atom is 0.352 e. The van der Waals surface area contributed by atoms with E-state index in [-0.39, 0.29) is 16.5 Å². The zero-order valence-electron chi connectivity index (χ0n) is 12.0. The molecule has 0 spiro atoms. The molecule has 1 heterocycles. The summed E-state index contributed by atoms with van der Waals surface area (Å²) in [5.41, 5.74) is -1.87. The van der Waals surface area contributed by atoms with Gasteiger partial charge in [0.1, 0.15) is 17.6 Å². The van der Waals surface area contributed by atoms with E-state index < -0.39 is 29.1 Å². The molecule has 0 radical (unpaired) electrons. The predicted molar refractivity (Wildman–Crippen MR) is 77.8 cm³/mol. The smallest absolute Gasteiger partial charge is 0.352 e. The average molecular weight is 344 g/mol. The van der Waals surface area contributed by atoms with Gasteiger partial charge in [0.05, 0.1) is 5.02 Å². The Morgan fingerprint density at radius 3 is 2.70 bits per heavy atom. The summed E-state index contributed by atoms with van der Waals surface area (Å²) in [6, 6.07) is 1.90. The Morgan fingerprint density at radius 2 is 2.09 bits per heavy atom. The number of aliphatic carboxylic acids is 1. The summed E-state index contributed by atoms with van der Waals surface area (Å²) in [6.45, 7) is 1.26. The van der Waals surface area contributed by atoms with E-state index in [1.165, 1.54) is 14.0 Å². The van der Waals surface area contributed by atoms with E-state index in [9.17, 15) is 18.8 Å². The number of nitrogens with zero attached hydrogens (tertiary/aromatic N) is 3. The molecule has 0 unspecified atom stereocenters. The predicted octanol–water partition coefficient (Wildman–Crippen LogP) is 0.576. The number of carbonyl (C=O) groups is 1. The van der Waals surface area contributed by atoms with Gasteiger partial charge in [-0.1, -0.05) is 11.6 Å². The van der Waals surface area contributed by atoms with Crippen molar-refractivity contribution >= 4 is 17.6 Å². The van der Waals surface area contributed by atoms with Crippen LogP contribution in [0.1, 0.15) is 6.92 Å². The summed E-state index contributed by atoms with van der Waals surface area (Å²) in [7, 11) is 1.21. The molecule has 23 heavy (non-hydrogen) atoms. The fourth-order valence-electron chi connectivity index (χ4n) is 1.66. The lowest BCUT2D eigenvalue weighted by atomic mass is 10.2. The molecule has 2 rings (SSSR count). The van der Waals surface area contributed by atoms with Crippen LogP contribution >= 0.6 is 11.6 Å². The number of ether oxygens (including phenoxy) is 1. The zero-order chi connectivity index (χ0) is 17.3. The maximum atomic E-state index is 14.1. The lowest BCUT2D eigenvalue weighted by Gasteiger charge is -2.14. The van der Waals surface area contributed by atoms with E-state index in [0.717, 1.165) is 22.9 Å². The summed E-state index contributed by atoms with van der Waals surface area (Å²) < 4.78 is 20.6. The second-order valence-electron chi connectivity index (χ2n) is 4.57. The standard InChI is InChI=1S/C13H11ClFN3O5/c1-6(12(20)21)23-10-4-9(8(15)3-7(10)14)18-13(22)17(2)11(19)5-16-18/h3-6H,1-2H3,(H,20,21)/t6-/m1/s1. The van der Waals surface area contributed by atoms with Crippen LogP contribution in [-0.2, 0) is 11.8 Å². The van der Waals surface area contributed by atoms with Crippen LogP contribution in [0.4, 0.5) is 4.39 Å². The normalized spacial score (nSPS) is 12.0. The minimum Gasteiger partial charge on any atom is -0.479 e. The third kappa shape index (κ3) is 3.24. The number of rotatable bonds is 4. The molecule has 8 nitrogen and oxygen atoms in total. The van der Waals surface area contributed by atoms with Gasteiger partial charge < -0.3 is 9.84 Å². The summed E-state index contributed by atoms with van der Waals surface area (Å²) in [5, 5.41) is 12.2. The monoisotopic (exact) mass is 343 g/mol. The van der Waals surface area contributed by atoms with Crippen molar-refractivity contribution in [1.29, 1.82) is 0 Å². The first-order valence-electron chi connectivity index (χ1n) is 6.26. The zero-order valence-corrected chi connectivity index (χ0v) is 12.7. The molecule has 1 aromatic carbocycles. The van der Waals surface area contributed by atoms with Crippen LogP contribution in [0.3, 0.4) is 0 Å². The molecular weight excluding hydrogens is 333 g/mol. The Balaban J connectivity index is 2.60. The van der Waals surface area contributed by atoms with Crippen molar-refractivity contribution in [3.8, 4) is 11.4 Å². The molecule has 1 N–H and O–H groups in total. The molecule has 1 atom stereocenters. The number of aromatic nitrogens is 3. The third-order valence-electron chi connectivity index (χ3n) is 2.96. The van der Waals surface area contributed by atoms with Crippen LogP contribution < -0.4 is 16.0 Å². The Morgan fingerprint density at radius 1 is 1.43 bits per heavy atom. The first-order chi connectivity index (χ1) is 10.7. The second-order valence-corrected chi connectivity index (χ2v) is 4.98. The van der Waals surface area contributed by atoms with Crippen LogP contribution in [0.15, 0.2) is 27.9 Å². The third-order valence-corrected chi connectivity index (χ3v) is 3.26. The van der Waals surface area contributed by atoms with Crippen molar-refractivity contribution in [2.24, 2.45) is 7.05 Å². The molecule has 2 aromatic rings. The number of carboxylic acid groups (broad SMARTS) is 1. The van der Waals surface area contributed by atoms with Crippen LogP contribution in [0.2, 0.25) is 5.02 Å². The fraction of sp³-hybridized carbons (Fsp3) is 0.231. The molecule has 122 valence electrons. The van der Waals surface area contributed by atoms with Crippen molar-refractivity contribution in [1.82, 2.24) is 14.3 Å². The highest BCUT2D eigenvalue weighted by molar-refractivity contribution is 6.32. The molecule has 0 saturated carbocycles. The van der Waals surface area contributed by atoms with Gasteiger partial charge in [0.25, 0.3) is 5.56 Å². The highest BCUT2D eigenvalue weighted by Gasteiger charge is 2.19. The number of hydrogen-bond acceptors (Lipinski definition) is 5. The molecule has 0 fully saturated rings. The van der Waals surface area contributed by atoms with Crippen LogP contribution in [0.5, 0.6) is 5.75 Å². The van der Waals surface area contributed by atoms with Crippen molar-refractivity contribution in [2.45, 2.75) is 13.0 Å². The molecule has 0 aliphatic heterocycles. The van der Waals surface area contributed by atoms with Crippen LogP contribution in [0, 0.1) is 5.82 Å². The highest BCUT2D eigenvalue weighted by Crippen LogP contribution is 2.29. The Hall–Kier alpha value is -2.68. The molecule has 0 saturated heterocycles. The molecule has 1 aromatic heterocycles. The Labute approximate surface area is 133 Å².